The van der Waals surface area contributed by atoms with Crippen molar-refractivity contribution >= 4 is 29.2 Å². The molecule has 0 amide bonds. The highest BCUT2D eigenvalue weighted by atomic mass is 35.5. The van der Waals surface area contributed by atoms with E-state index in [1.807, 2.05) is 37.4 Å². The number of imidazole rings is 1. The smallest absolute Gasteiger partial charge is 0.223 e. The minimum atomic E-state index is 0.546. The Hall–Kier alpha value is -2.15. The molecule has 2 aliphatic rings. The van der Waals surface area contributed by atoms with E-state index in [1.165, 1.54) is 37.9 Å². The summed E-state index contributed by atoms with van der Waals surface area (Å²) >= 11 is 12.2. The van der Waals surface area contributed by atoms with E-state index >= 15 is 0 Å². The van der Waals surface area contributed by atoms with E-state index in [2.05, 4.69) is 38.3 Å². The lowest BCUT2D eigenvalue weighted by molar-refractivity contribution is 0.429. The van der Waals surface area contributed by atoms with Gasteiger partial charge in [-0.2, -0.15) is 0 Å². The van der Waals surface area contributed by atoms with Crippen LogP contribution in [0.3, 0.4) is 0 Å². The normalized spacial score (nSPS) is 16.9. The number of aromatic nitrogens is 4. The molecule has 1 aromatic carbocycles. The minimum Gasteiger partial charge on any atom is -0.351 e. The van der Waals surface area contributed by atoms with Crippen LogP contribution in [0.15, 0.2) is 36.7 Å². The largest absolute Gasteiger partial charge is 0.351 e. The highest BCUT2D eigenvalue weighted by molar-refractivity contribution is 6.42. The Morgan fingerprint density at radius 2 is 1.78 bits per heavy atom. The summed E-state index contributed by atoms with van der Waals surface area (Å²) in [5, 5.41) is 7.98. The predicted molar refractivity (Wildman–Crippen MR) is 150 cm³/mol. The third-order valence-corrected chi connectivity index (χ3v) is 7.66. The van der Waals surface area contributed by atoms with E-state index in [9.17, 15) is 0 Å². The lowest BCUT2D eigenvalue weighted by atomic mass is 9.96. The van der Waals surface area contributed by atoms with Crippen LogP contribution in [0.5, 0.6) is 0 Å². The predicted octanol–water partition coefficient (Wildman–Crippen LogP) is 7.26. The molecule has 2 aromatic heterocycles. The van der Waals surface area contributed by atoms with Crippen LogP contribution in [0.4, 0.5) is 5.95 Å². The number of anilines is 1. The summed E-state index contributed by atoms with van der Waals surface area (Å²) in [4.78, 5) is 13.5. The Balaban J connectivity index is 0.000000187. The van der Waals surface area contributed by atoms with Crippen LogP contribution in [0.2, 0.25) is 10.0 Å². The van der Waals surface area contributed by atoms with Crippen LogP contribution in [0.1, 0.15) is 75.7 Å². The van der Waals surface area contributed by atoms with Gasteiger partial charge >= 0.3 is 0 Å². The summed E-state index contributed by atoms with van der Waals surface area (Å²) in [6, 6.07) is 8.23. The number of piperidine rings is 1. The zero-order valence-electron chi connectivity index (χ0n) is 21.4. The Morgan fingerprint density at radius 1 is 1.00 bits per heavy atom. The first-order valence-electron chi connectivity index (χ1n) is 13.3. The van der Waals surface area contributed by atoms with E-state index < -0.39 is 0 Å². The lowest BCUT2D eigenvalue weighted by Gasteiger charge is -2.22. The maximum Gasteiger partial charge on any atom is 0.223 e. The molecule has 0 bridgehead atoms. The zero-order valence-corrected chi connectivity index (χ0v) is 23.0. The van der Waals surface area contributed by atoms with Gasteiger partial charge < -0.3 is 15.2 Å². The Kier molecular flexibility index (Phi) is 10.0. The van der Waals surface area contributed by atoms with Crippen molar-refractivity contribution in [1.29, 1.82) is 0 Å². The molecule has 3 heterocycles. The van der Waals surface area contributed by atoms with Crippen molar-refractivity contribution in [1.82, 2.24) is 24.8 Å². The van der Waals surface area contributed by atoms with Gasteiger partial charge in [0, 0.05) is 42.2 Å². The molecule has 1 saturated heterocycles. The van der Waals surface area contributed by atoms with Crippen molar-refractivity contribution in [3.8, 4) is 11.3 Å². The minimum absolute atomic E-state index is 0.546. The summed E-state index contributed by atoms with van der Waals surface area (Å²) in [5.74, 6) is 2.55. The quantitative estimate of drug-likeness (QED) is 0.352. The molecule has 0 spiro atoms. The van der Waals surface area contributed by atoms with Crippen molar-refractivity contribution < 1.29 is 0 Å². The maximum absolute atomic E-state index is 6.15. The van der Waals surface area contributed by atoms with E-state index in [0.717, 1.165) is 61.8 Å². The third kappa shape index (κ3) is 7.44. The summed E-state index contributed by atoms with van der Waals surface area (Å²) in [7, 11) is 0. The molecule has 1 aliphatic carbocycles. The topological polar surface area (TPSA) is 67.7 Å². The number of hydrogen-bond acceptors (Lipinski definition) is 5. The summed E-state index contributed by atoms with van der Waals surface area (Å²) in [6.07, 6.45) is 14.0. The average Bonchev–Trinajstić information content (AvgIpc) is 3.31. The van der Waals surface area contributed by atoms with Gasteiger partial charge in [0.05, 0.1) is 15.7 Å². The molecule has 2 fully saturated rings. The number of halogens is 2. The molecular weight excluding hydrogens is 491 g/mol. The SMILES string of the molecule is CCCn1cc(-c2ccc(Cl)c(Cl)c2)nc1C1CCNCC1.Cc1ccnc(NC2CCCCC2)n1. The average molecular weight is 530 g/mol. The Bertz CT molecular complexity index is 1100. The first-order valence-corrected chi connectivity index (χ1v) is 14.1. The van der Waals surface area contributed by atoms with Crippen LogP contribution < -0.4 is 10.6 Å². The summed E-state index contributed by atoms with van der Waals surface area (Å²) < 4.78 is 2.31. The third-order valence-electron chi connectivity index (χ3n) is 6.92. The van der Waals surface area contributed by atoms with Crippen LogP contribution in [0.25, 0.3) is 11.3 Å². The molecule has 194 valence electrons. The molecule has 0 unspecified atom stereocenters. The van der Waals surface area contributed by atoms with Crippen LogP contribution in [0, 0.1) is 6.92 Å². The second-order valence-electron chi connectivity index (χ2n) is 9.83. The molecule has 2 N–H and O–H groups in total. The van der Waals surface area contributed by atoms with E-state index in [1.54, 1.807) is 0 Å². The zero-order chi connectivity index (χ0) is 25.3. The fraction of sp³-hybridized carbons (Fsp3) is 0.536. The van der Waals surface area contributed by atoms with E-state index in [4.69, 9.17) is 28.2 Å². The monoisotopic (exact) mass is 528 g/mol. The second-order valence-corrected chi connectivity index (χ2v) is 10.6. The molecule has 1 aliphatic heterocycles. The molecule has 3 aromatic rings. The Morgan fingerprint density at radius 3 is 2.47 bits per heavy atom. The number of aryl methyl sites for hydroxylation is 2. The fourth-order valence-electron chi connectivity index (χ4n) is 5.00. The van der Waals surface area contributed by atoms with Gasteiger partial charge in [-0.1, -0.05) is 55.5 Å². The molecule has 5 rings (SSSR count). The van der Waals surface area contributed by atoms with Crippen molar-refractivity contribution in [3.05, 3.63) is 58.2 Å². The number of hydrogen-bond donors (Lipinski definition) is 2. The molecular formula is C28H38Cl2N6. The Labute approximate surface area is 225 Å². The lowest BCUT2D eigenvalue weighted by Crippen LogP contribution is -2.28. The van der Waals surface area contributed by atoms with Gasteiger partial charge in [-0.05, 0) is 70.3 Å². The summed E-state index contributed by atoms with van der Waals surface area (Å²) in [5.41, 5.74) is 3.04. The van der Waals surface area contributed by atoms with Gasteiger partial charge in [0.1, 0.15) is 5.82 Å². The van der Waals surface area contributed by atoms with Crippen molar-refractivity contribution in [2.75, 3.05) is 18.4 Å². The van der Waals surface area contributed by atoms with Crippen molar-refractivity contribution in [3.63, 3.8) is 0 Å². The fourth-order valence-corrected chi connectivity index (χ4v) is 5.30. The molecule has 6 nitrogen and oxygen atoms in total. The van der Waals surface area contributed by atoms with Crippen molar-refractivity contribution in [2.24, 2.45) is 0 Å². The highest BCUT2D eigenvalue weighted by Crippen LogP contribution is 2.31. The molecule has 36 heavy (non-hydrogen) atoms. The number of benzene rings is 1. The van der Waals surface area contributed by atoms with Crippen LogP contribution in [-0.2, 0) is 6.54 Å². The van der Waals surface area contributed by atoms with Gasteiger partial charge in [0.25, 0.3) is 0 Å². The first-order chi connectivity index (χ1) is 17.5. The second kappa shape index (κ2) is 13.4. The molecule has 0 atom stereocenters. The van der Waals surface area contributed by atoms with Crippen LogP contribution >= 0.6 is 23.2 Å². The number of nitrogens with zero attached hydrogens (tertiary/aromatic N) is 4. The van der Waals surface area contributed by atoms with Gasteiger partial charge in [-0.15, -0.1) is 0 Å². The standard InChI is InChI=1S/C17H21Cl2N3.C11H17N3/c1-2-9-22-11-16(13-3-4-14(18)15(19)10-13)21-17(22)12-5-7-20-8-6-12;1-9-7-8-12-11(13-9)14-10-5-3-2-4-6-10/h3-4,10-12,20H,2,5-9H2,1H3;7-8,10H,2-6H2,1H3,(H,12,13,14). The maximum atomic E-state index is 6.15. The molecule has 8 heteroatoms. The highest BCUT2D eigenvalue weighted by Gasteiger charge is 2.21. The van der Waals surface area contributed by atoms with E-state index in [-0.39, 0.29) is 0 Å². The molecule has 0 radical (unpaired) electrons. The van der Waals surface area contributed by atoms with Gasteiger partial charge in [-0.25, -0.2) is 15.0 Å². The van der Waals surface area contributed by atoms with Crippen molar-refractivity contribution in [2.45, 2.75) is 83.7 Å². The number of nitrogens with one attached hydrogen (secondary N) is 2. The summed E-state index contributed by atoms with van der Waals surface area (Å²) in [6.45, 7) is 7.35. The van der Waals surface area contributed by atoms with Gasteiger partial charge in [-0.3, -0.25) is 0 Å². The van der Waals surface area contributed by atoms with Crippen LogP contribution in [-0.4, -0.2) is 38.7 Å². The van der Waals surface area contributed by atoms with Gasteiger partial charge in [0.15, 0.2) is 0 Å². The van der Waals surface area contributed by atoms with E-state index in [0.29, 0.717) is 22.0 Å². The first kappa shape index (κ1) is 26.9. The van der Waals surface area contributed by atoms with Gasteiger partial charge in [0.2, 0.25) is 5.95 Å². The molecule has 1 saturated carbocycles. The number of rotatable bonds is 6.